The molecule has 8 nitrogen and oxygen atoms in total. The molecule has 0 saturated heterocycles. The van der Waals surface area contributed by atoms with Crippen molar-refractivity contribution >= 4 is 23.8 Å². The highest BCUT2D eigenvalue weighted by molar-refractivity contribution is 5.99. The van der Waals surface area contributed by atoms with Crippen molar-refractivity contribution in [1.29, 1.82) is 0 Å². The van der Waals surface area contributed by atoms with Crippen LogP contribution in [0.1, 0.15) is 68.8 Å². The number of rotatable bonds is 7. The van der Waals surface area contributed by atoms with Crippen LogP contribution in [0.15, 0.2) is 24.3 Å². The Morgan fingerprint density at radius 1 is 1.03 bits per heavy atom. The second-order valence-electron chi connectivity index (χ2n) is 8.44. The topological polar surface area (TPSA) is 114 Å². The van der Waals surface area contributed by atoms with E-state index in [1.807, 2.05) is 13.0 Å². The minimum Gasteiger partial charge on any atom is -0.451 e. The molecule has 2 atom stereocenters. The molecule has 2 rings (SSSR count). The van der Waals surface area contributed by atoms with Crippen molar-refractivity contribution in [3.8, 4) is 0 Å². The van der Waals surface area contributed by atoms with E-state index < -0.39 is 36.0 Å². The van der Waals surface area contributed by atoms with Crippen molar-refractivity contribution in [2.24, 2.45) is 5.92 Å². The Kier molecular flexibility index (Phi) is 9.03. The summed E-state index contributed by atoms with van der Waals surface area (Å²) in [6.45, 7) is 6.80. The molecule has 0 aliphatic heterocycles. The summed E-state index contributed by atoms with van der Waals surface area (Å²) >= 11 is 0. The number of aryl methyl sites for hydroxylation is 1. The fraction of sp³-hybridized carbons (Fsp3) is 0.565. The normalized spacial score (nSPS) is 16.2. The van der Waals surface area contributed by atoms with E-state index in [9.17, 15) is 19.2 Å². The second-order valence-corrected chi connectivity index (χ2v) is 8.44. The summed E-state index contributed by atoms with van der Waals surface area (Å²) in [6.07, 6.45) is 3.87. The molecule has 0 bridgehead atoms. The Labute approximate surface area is 183 Å². The van der Waals surface area contributed by atoms with E-state index in [-0.39, 0.29) is 12.0 Å². The van der Waals surface area contributed by atoms with Crippen LogP contribution in [0, 0.1) is 12.8 Å². The zero-order valence-corrected chi connectivity index (χ0v) is 18.7. The molecule has 0 spiro atoms. The van der Waals surface area contributed by atoms with Crippen molar-refractivity contribution in [3.63, 3.8) is 0 Å². The van der Waals surface area contributed by atoms with Gasteiger partial charge < -0.3 is 15.4 Å². The molecule has 1 saturated carbocycles. The van der Waals surface area contributed by atoms with Gasteiger partial charge in [-0.15, -0.1) is 0 Å². The number of hydrogen-bond acceptors (Lipinski definition) is 5. The molecule has 8 heteroatoms. The maximum Gasteiger partial charge on any atom is 0.329 e. The number of urea groups is 1. The SMILES string of the molecule is Cc1cccc(C(=O)N[C@H](C(=O)OC(C)C(=O)NC(=O)NC2CCCCC2)C(C)C)c1. The number of amides is 4. The average molecular weight is 432 g/mol. The third-order valence-corrected chi connectivity index (χ3v) is 5.33. The van der Waals surface area contributed by atoms with Crippen molar-refractivity contribution < 1.29 is 23.9 Å². The van der Waals surface area contributed by atoms with Crippen LogP contribution in [-0.2, 0) is 14.3 Å². The minimum atomic E-state index is -1.18. The Hall–Kier alpha value is -2.90. The summed E-state index contributed by atoms with van der Waals surface area (Å²) in [5, 5.41) is 7.67. The summed E-state index contributed by atoms with van der Waals surface area (Å²) in [4.78, 5) is 49.4. The third-order valence-electron chi connectivity index (χ3n) is 5.33. The standard InChI is InChI=1S/C23H33N3O5/c1-14(2)19(25-21(28)17-10-8-9-15(3)13-17)22(29)31-16(4)20(27)26-23(30)24-18-11-6-5-7-12-18/h8-10,13-14,16,18-19H,5-7,11-12H2,1-4H3,(H,25,28)(H2,24,26,27,30)/t16?,19-/m0/s1. The van der Waals surface area contributed by atoms with Crippen LogP contribution in [0.3, 0.4) is 0 Å². The zero-order valence-electron chi connectivity index (χ0n) is 18.7. The van der Waals surface area contributed by atoms with Crippen LogP contribution in [0.5, 0.6) is 0 Å². The first-order valence-corrected chi connectivity index (χ1v) is 10.9. The first kappa shape index (κ1) is 24.4. The van der Waals surface area contributed by atoms with E-state index in [1.54, 1.807) is 32.0 Å². The van der Waals surface area contributed by atoms with Crippen LogP contribution in [0.4, 0.5) is 4.79 Å². The Morgan fingerprint density at radius 3 is 2.32 bits per heavy atom. The minimum absolute atomic E-state index is 0.0570. The van der Waals surface area contributed by atoms with E-state index in [0.29, 0.717) is 5.56 Å². The number of hydrogen-bond donors (Lipinski definition) is 3. The van der Waals surface area contributed by atoms with Crippen LogP contribution < -0.4 is 16.0 Å². The molecule has 1 aromatic carbocycles. The van der Waals surface area contributed by atoms with Gasteiger partial charge in [0.15, 0.2) is 6.10 Å². The van der Waals surface area contributed by atoms with Gasteiger partial charge in [0.2, 0.25) is 0 Å². The van der Waals surface area contributed by atoms with Crippen molar-refractivity contribution in [1.82, 2.24) is 16.0 Å². The molecule has 1 aliphatic rings. The molecule has 1 aromatic rings. The van der Waals surface area contributed by atoms with Crippen molar-refractivity contribution in [2.75, 3.05) is 0 Å². The number of nitrogens with one attached hydrogen (secondary N) is 3. The molecular weight excluding hydrogens is 398 g/mol. The molecule has 0 aromatic heterocycles. The van der Waals surface area contributed by atoms with Gasteiger partial charge in [-0.25, -0.2) is 9.59 Å². The summed E-state index contributed by atoms with van der Waals surface area (Å²) in [5.41, 5.74) is 1.36. The lowest BCUT2D eigenvalue weighted by Crippen LogP contribution is -2.50. The molecule has 1 unspecified atom stereocenters. The van der Waals surface area contributed by atoms with E-state index >= 15 is 0 Å². The molecule has 31 heavy (non-hydrogen) atoms. The summed E-state index contributed by atoms with van der Waals surface area (Å²) in [6, 6.07) is 5.55. The number of benzene rings is 1. The van der Waals surface area contributed by atoms with Crippen LogP contribution in [0.25, 0.3) is 0 Å². The zero-order chi connectivity index (χ0) is 23.0. The fourth-order valence-corrected chi connectivity index (χ4v) is 3.49. The molecule has 1 aliphatic carbocycles. The van der Waals surface area contributed by atoms with Gasteiger partial charge in [0.25, 0.3) is 11.8 Å². The lowest BCUT2D eigenvalue weighted by atomic mass is 9.96. The number of esters is 1. The van der Waals surface area contributed by atoms with Gasteiger partial charge in [-0.05, 0) is 44.7 Å². The van der Waals surface area contributed by atoms with Gasteiger partial charge in [0.1, 0.15) is 6.04 Å². The smallest absolute Gasteiger partial charge is 0.329 e. The Balaban J connectivity index is 1.89. The molecule has 3 N–H and O–H groups in total. The second kappa shape index (κ2) is 11.5. The largest absolute Gasteiger partial charge is 0.451 e. The Morgan fingerprint density at radius 2 is 1.71 bits per heavy atom. The highest BCUT2D eigenvalue weighted by Gasteiger charge is 2.30. The number of ether oxygens (including phenoxy) is 1. The molecule has 0 heterocycles. The predicted octanol–water partition coefficient (Wildman–Crippen LogP) is 2.84. The first-order valence-electron chi connectivity index (χ1n) is 10.9. The number of carbonyl (C=O) groups is 4. The van der Waals surface area contributed by atoms with Crippen LogP contribution in [-0.4, -0.2) is 42.0 Å². The number of carbonyl (C=O) groups excluding carboxylic acids is 4. The molecule has 4 amide bonds. The van der Waals surface area contributed by atoms with Crippen molar-refractivity contribution in [3.05, 3.63) is 35.4 Å². The average Bonchev–Trinajstić information content (AvgIpc) is 2.71. The maximum absolute atomic E-state index is 12.6. The first-order chi connectivity index (χ1) is 14.7. The molecule has 1 fully saturated rings. The summed E-state index contributed by atoms with van der Waals surface area (Å²) < 4.78 is 5.24. The van der Waals surface area contributed by atoms with E-state index in [0.717, 1.165) is 37.7 Å². The predicted molar refractivity (Wildman–Crippen MR) is 116 cm³/mol. The van der Waals surface area contributed by atoms with E-state index in [4.69, 9.17) is 4.74 Å². The van der Waals surface area contributed by atoms with Gasteiger partial charge >= 0.3 is 12.0 Å². The summed E-state index contributed by atoms with van der Waals surface area (Å²) in [7, 11) is 0. The van der Waals surface area contributed by atoms with E-state index in [2.05, 4.69) is 16.0 Å². The lowest BCUT2D eigenvalue weighted by Gasteiger charge is -2.24. The van der Waals surface area contributed by atoms with Gasteiger partial charge in [0, 0.05) is 11.6 Å². The molecular formula is C23H33N3O5. The maximum atomic E-state index is 12.6. The number of imide groups is 1. The molecule has 170 valence electrons. The van der Waals surface area contributed by atoms with E-state index in [1.165, 1.54) is 6.92 Å². The fourth-order valence-electron chi connectivity index (χ4n) is 3.49. The lowest BCUT2D eigenvalue weighted by molar-refractivity contribution is -0.157. The Bertz CT molecular complexity index is 802. The highest BCUT2D eigenvalue weighted by atomic mass is 16.5. The van der Waals surface area contributed by atoms with Crippen LogP contribution in [0.2, 0.25) is 0 Å². The van der Waals surface area contributed by atoms with Crippen molar-refractivity contribution in [2.45, 2.75) is 78.0 Å². The monoisotopic (exact) mass is 431 g/mol. The third kappa shape index (κ3) is 7.70. The summed E-state index contributed by atoms with van der Waals surface area (Å²) in [5.74, 6) is -2.10. The quantitative estimate of drug-likeness (QED) is 0.575. The van der Waals surface area contributed by atoms with Gasteiger partial charge in [-0.3, -0.25) is 14.9 Å². The van der Waals surface area contributed by atoms with Gasteiger partial charge in [-0.2, -0.15) is 0 Å². The van der Waals surface area contributed by atoms with Gasteiger partial charge in [0.05, 0.1) is 0 Å². The highest BCUT2D eigenvalue weighted by Crippen LogP contribution is 2.17. The van der Waals surface area contributed by atoms with Gasteiger partial charge in [-0.1, -0.05) is 50.8 Å². The van der Waals surface area contributed by atoms with Crippen LogP contribution >= 0.6 is 0 Å². The molecule has 0 radical (unpaired) electrons.